The van der Waals surface area contributed by atoms with E-state index in [1.54, 1.807) is 12.1 Å². The van der Waals surface area contributed by atoms with Crippen molar-refractivity contribution in [1.82, 2.24) is 5.32 Å². The van der Waals surface area contributed by atoms with Crippen LogP contribution in [-0.2, 0) is 22.4 Å². The first-order valence-corrected chi connectivity index (χ1v) is 16.7. The van der Waals surface area contributed by atoms with Gasteiger partial charge in [-0.25, -0.2) is 0 Å². The molecule has 4 atom stereocenters. The number of nitrogens with one attached hydrogen (secondary N) is 2. The molecular formula is C40H46N2O4. The number of unbranched alkanes of at least 4 members (excludes halogenated alkanes) is 1. The van der Waals surface area contributed by atoms with Gasteiger partial charge in [0.2, 0.25) is 5.91 Å². The van der Waals surface area contributed by atoms with Gasteiger partial charge < -0.3 is 10.4 Å². The van der Waals surface area contributed by atoms with Gasteiger partial charge in [0.1, 0.15) is 6.04 Å². The fourth-order valence-corrected chi connectivity index (χ4v) is 6.35. The third-order valence-electron chi connectivity index (χ3n) is 9.41. The van der Waals surface area contributed by atoms with Crippen LogP contribution in [0.3, 0.4) is 0 Å². The Morgan fingerprint density at radius 2 is 1.72 bits per heavy atom. The SMILES string of the molecule is CCCCc1ccc(NC(=O)C2NC2Cc2ccc(-c3ccc(C(=O)CC(CCC4=CC=CCC4C)C(=O)O)cc3)c(C)c2)cc1. The topological polar surface area (TPSA) is 105 Å². The Labute approximate surface area is 273 Å². The van der Waals surface area contributed by atoms with Crippen molar-refractivity contribution in [2.24, 2.45) is 11.8 Å². The number of carbonyl (C=O) groups excluding carboxylic acids is 2. The summed E-state index contributed by atoms with van der Waals surface area (Å²) in [5, 5.41) is 16.1. The van der Waals surface area contributed by atoms with E-state index < -0.39 is 11.9 Å². The van der Waals surface area contributed by atoms with Gasteiger partial charge in [-0.05, 0) is 91.3 Å². The van der Waals surface area contributed by atoms with Crippen LogP contribution in [0.1, 0.15) is 79.4 Å². The van der Waals surface area contributed by atoms with Gasteiger partial charge in [0.25, 0.3) is 0 Å². The third kappa shape index (κ3) is 8.70. The average Bonchev–Trinajstić information content (AvgIpc) is 3.82. The molecule has 5 rings (SSSR count). The Morgan fingerprint density at radius 1 is 0.978 bits per heavy atom. The van der Waals surface area contributed by atoms with Crippen molar-refractivity contribution in [2.75, 3.05) is 5.32 Å². The number of Topliss-reactive ketones (excluding diaryl/α,β-unsaturated/α-hetero) is 1. The molecule has 46 heavy (non-hydrogen) atoms. The van der Waals surface area contributed by atoms with Crippen molar-refractivity contribution in [3.8, 4) is 11.1 Å². The summed E-state index contributed by atoms with van der Waals surface area (Å²) in [4.78, 5) is 37.8. The van der Waals surface area contributed by atoms with Crippen LogP contribution < -0.4 is 10.6 Å². The molecule has 1 saturated heterocycles. The molecule has 0 saturated carbocycles. The largest absolute Gasteiger partial charge is 0.481 e. The zero-order chi connectivity index (χ0) is 32.6. The number of aliphatic carboxylic acids is 1. The van der Waals surface area contributed by atoms with Gasteiger partial charge in [0.15, 0.2) is 5.78 Å². The lowest BCUT2D eigenvalue weighted by molar-refractivity contribution is -0.141. The van der Waals surface area contributed by atoms with Crippen molar-refractivity contribution in [3.63, 3.8) is 0 Å². The number of amides is 1. The Hall–Kier alpha value is -4.29. The van der Waals surface area contributed by atoms with Crippen molar-refractivity contribution >= 4 is 23.3 Å². The first-order chi connectivity index (χ1) is 22.2. The highest BCUT2D eigenvalue weighted by atomic mass is 16.4. The Bertz CT molecular complexity index is 1600. The number of aryl methyl sites for hydroxylation is 2. The molecule has 0 radical (unpaired) electrons. The zero-order valence-electron chi connectivity index (χ0n) is 27.2. The number of carboxylic acids is 1. The lowest BCUT2D eigenvalue weighted by atomic mass is 9.86. The van der Waals surface area contributed by atoms with E-state index in [2.05, 4.69) is 73.9 Å². The lowest BCUT2D eigenvalue weighted by Gasteiger charge is -2.19. The number of hydrogen-bond donors (Lipinski definition) is 3. The predicted molar refractivity (Wildman–Crippen MR) is 185 cm³/mol. The summed E-state index contributed by atoms with van der Waals surface area (Å²) in [6.07, 6.45) is 12.5. The summed E-state index contributed by atoms with van der Waals surface area (Å²) in [6, 6.07) is 21.9. The van der Waals surface area contributed by atoms with Crippen molar-refractivity contribution in [1.29, 1.82) is 0 Å². The number of allylic oxidation sites excluding steroid dienone is 4. The van der Waals surface area contributed by atoms with Crippen LogP contribution in [0, 0.1) is 18.8 Å². The Balaban J connectivity index is 1.12. The van der Waals surface area contributed by atoms with Gasteiger partial charge in [-0.1, -0.05) is 98.7 Å². The van der Waals surface area contributed by atoms with E-state index in [4.69, 9.17) is 0 Å². The summed E-state index contributed by atoms with van der Waals surface area (Å²) in [5.74, 6) is -1.35. The normalized spacial score (nSPS) is 19.3. The first kappa shape index (κ1) is 33.1. The summed E-state index contributed by atoms with van der Waals surface area (Å²) in [5.41, 5.74) is 8.27. The van der Waals surface area contributed by atoms with Crippen LogP contribution in [0.5, 0.6) is 0 Å². The van der Waals surface area contributed by atoms with Gasteiger partial charge >= 0.3 is 5.97 Å². The molecule has 1 fully saturated rings. The maximum atomic E-state index is 13.0. The molecule has 1 aliphatic heterocycles. The highest BCUT2D eigenvalue weighted by molar-refractivity contribution is 5.98. The van der Waals surface area contributed by atoms with E-state index in [0.717, 1.165) is 47.2 Å². The van der Waals surface area contributed by atoms with E-state index in [-0.39, 0.29) is 30.2 Å². The molecule has 3 aromatic rings. The van der Waals surface area contributed by atoms with Gasteiger partial charge in [0.05, 0.1) is 5.92 Å². The van der Waals surface area contributed by atoms with E-state index in [9.17, 15) is 19.5 Å². The summed E-state index contributed by atoms with van der Waals surface area (Å²) in [6.45, 7) is 6.41. The van der Waals surface area contributed by atoms with Gasteiger partial charge in [0, 0.05) is 23.7 Å². The number of anilines is 1. The summed E-state index contributed by atoms with van der Waals surface area (Å²) >= 11 is 0. The molecule has 0 bridgehead atoms. The van der Waals surface area contributed by atoms with Gasteiger partial charge in [-0.2, -0.15) is 0 Å². The highest BCUT2D eigenvalue weighted by Gasteiger charge is 2.42. The fraction of sp³-hybridized carbons (Fsp3) is 0.375. The maximum Gasteiger partial charge on any atom is 0.306 e. The molecule has 1 amide bonds. The Morgan fingerprint density at radius 3 is 2.39 bits per heavy atom. The van der Waals surface area contributed by atoms with E-state index >= 15 is 0 Å². The van der Waals surface area contributed by atoms with Crippen LogP contribution in [0.4, 0.5) is 5.69 Å². The number of carboxylic acid groups (broad SMARTS) is 1. The second-order valence-electron chi connectivity index (χ2n) is 13.0. The second kappa shape index (κ2) is 15.3. The van der Waals surface area contributed by atoms with Crippen molar-refractivity contribution < 1.29 is 19.5 Å². The Kier molecular flexibility index (Phi) is 11.0. The molecule has 6 heteroatoms. The molecule has 0 aromatic heterocycles. The van der Waals surface area contributed by atoms with Crippen LogP contribution in [0.25, 0.3) is 11.1 Å². The quantitative estimate of drug-likeness (QED) is 0.118. The maximum absolute atomic E-state index is 13.0. The van der Waals surface area contributed by atoms with Crippen molar-refractivity contribution in [2.45, 2.75) is 84.2 Å². The number of carbonyl (C=O) groups is 3. The molecule has 0 spiro atoms. The molecule has 2 aliphatic rings. The molecule has 240 valence electrons. The number of ketones is 1. The van der Waals surface area contributed by atoms with Gasteiger partial charge in [-0.15, -0.1) is 0 Å². The molecule has 1 aliphatic carbocycles. The van der Waals surface area contributed by atoms with Crippen LogP contribution in [0.2, 0.25) is 0 Å². The summed E-state index contributed by atoms with van der Waals surface area (Å²) < 4.78 is 0. The van der Waals surface area contributed by atoms with E-state index in [1.807, 2.05) is 30.3 Å². The van der Waals surface area contributed by atoms with Crippen LogP contribution >= 0.6 is 0 Å². The molecule has 4 unspecified atom stereocenters. The smallest absolute Gasteiger partial charge is 0.306 e. The van der Waals surface area contributed by atoms with Crippen LogP contribution in [0.15, 0.2) is 90.5 Å². The number of hydrogen-bond acceptors (Lipinski definition) is 4. The van der Waals surface area contributed by atoms with E-state index in [1.165, 1.54) is 24.0 Å². The van der Waals surface area contributed by atoms with Crippen molar-refractivity contribution in [3.05, 3.63) is 113 Å². The first-order valence-electron chi connectivity index (χ1n) is 16.7. The van der Waals surface area contributed by atoms with Crippen LogP contribution in [-0.4, -0.2) is 34.8 Å². The lowest BCUT2D eigenvalue weighted by Crippen LogP contribution is -2.21. The molecule has 3 aromatic carbocycles. The molecule has 1 heterocycles. The monoisotopic (exact) mass is 618 g/mol. The van der Waals surface area contributed by atoms with Gasteiger partial charge in [-0.3, -0.25) is 19.7 Å². The average molecular weight is 619 g/mol. The third-order valence-corrected chi connectivity index (χ3v) is 9.41. The number of rotatable bonds is 15. The molecular weight excluding hydrogens is 572 g/mol. The minimum atomic E-state index is -0.916. The number of benzene rings is 3. The minimum absolute atomic E-state index is 0.000545. The van der Waals surface area contributed by atoms with E-state index in [0.29, 0.717) is 24.3 Å². The standard InChI is InChI=1S/C40H46N2O4/c1-4-5-9-28-11-20-34(21-12-28)41-39(44)38-36(42-38)24-29-13-22-35(27(3)23-29)31-15-17-32(18-16-31)37(43)25-33(40(45)46)19-14-30-10-7-6-8-26(30)2/h6-7,10-13,15-18,20-23,26,33,36,38,42H,4-5,8-9,14,19,24-25H2,1-3H3,(H,41,44)(H,45,46). The summed E-state index contributed by atoms with van der Waals surface area (Å²) in [7, 11) is 0. The predicted octanol–water partition coefficient (Wildman–Crippen LogP) is 8.10. The second-order valence-corrected chi connectivity index (χ2v) is 13.0. The fourth-order valence-electron chi connectivity index (χ4n) is 6.35. The highest BCUT2D eigenvalue weighted by Crippen LogP contribution is 2.29. The molecule has 6 nitrogen and oxygen atoms in total. The minimum Gasteiger partial charge on any atom is -0.481 e. The zero-order valence-corrected chi connectivity index (χ0v) is 27.2. The molecule has 3 N–H and O–H groups in total.